The lowest BCUT2D eigenvalue weighted by Gasteiger charge is -2.19. The van der Waals surface area contributed by atoms with Crippen molar-refractivity contribution in [1.82, 2.24) is 0 Å². The Labute approximate surface area is 189 Å². The summed E-state index contributed by atoms with van der Waals surface area (Å²) >= 11 is 0. The molecule has 0 aliphatic carbocycles. The first-order valence-corrected chi connectivity index (χ1v) is 12.1. The number of hydrogen-bond donors (Lipinski definition) is 0. The van der Waals surface area contributed by atoms with Crippen LogP contribution in [0.15, 0.2) is 60.7 Å². The third kappa shape index (κ3) is 3.20. The Kier molecular flexibility index (Phi) is 5.25. The van der Waals surface area contributed by atoms with E-state index in [1.807, 2.05) is 18.2 Å². The van der Waals surface area contributed by atoms with Gasteiger partial charge in [-0.25, -0.2) is 0 Å². The zero-order valence-electron chi connectivity index (χ0n) is 18.4. The minimum Gasteiger partial charge on any atom is -0.496 e. The van der Waals surface area contributed by atoms with Crippen LogP contribution in [-0.4, -0.2) is 21.3 Å². The molecule has 1 aliphatic heterocycles. The van der Waals surface area contributed by atoms with Crippen LogP contribution in [0.2, 0.25) is 0 Å². The summed E-state index contributed by atoms with van der Waals surface area (Å²) in [4.78, 5) is 0. The summed E-state index contributed by atoms with van der Waals surface area (Å²) in [5.74, 6) is 5.36. The van der Waals surface area contributed by atoms with Gasteiger partial charge in [0.25, 0.3) is 0 Å². The summed E-state index contributed by atoms with van der Waals surface area (Å²) < 4.78 is 16.9. The average Bonchev–Trinajstić information content (AvgIpc) is 2.85. The van der Waals surface area contributed by atoms with Gasteiger partial charge >= 0.3 is 0 Å². The number of ether oxygens (including phenoxy) is 3. The van der Waals surface area contributed by atoms with Gasteiger partial charge in [0, 0.05) is 22.9 Å². The van der Waals surface area contributed by atoms with Crippen LogP contribution in [0.3, 0.4) is 0 Å². The molecule has 0 bridgehead atoms. The second-order valence-corrected chi connectivity index (χ2v) is 10.0. The summed E-state index contributed by atoms with van der Waals surface area (Å²) in [6, 6.07) is 21.2. The van der Waals surface area contributed by atoms with E-state index in [0.29, 0.717) is 11.5 Å². The number of hydrogen-bond acceptors (Lipinski definition) is 3. The normalized spacial score (nSPS) is 12.5. The highest BCUT2D eigenvalue weighted by atomic mass is 31.1. The molecular formula is C28H24O3P+. The first-order valence-electron chi connectivity index (χ1n) is 10.5. The monoisotopic (exact) mass is 439 g/mol. The first kappa shape index (κ1) is 20.4. The molecule has 0 saturated carbocycles. The number of benzene rings is 3. The van der Waals surface area contributed by atoms with E-state index in [0.717, 1.165) is 45.5 Å². The molecule has 0 radical (unpaired) electrons. The molecule has 1 aliphatic rings. The van der Waals surface area contributed by atoms with Gasteiger partial charge in [-0.15, -0.1) is 6.42 Å². The second-order valence-electron chi connectivity index (χ2n) is 7.79. The number of methoxy groups -OCH3 is 3. The Balaban J connectivity index is 1.81. The third-order valence-electron chi connectivity index (χ3n) is 6.19. The molecule has 0 spiro atoms. The first-order chi connectivity index (χ1) is 15.7. The summed E-state index contributed by atoms with van der Waals surface area (Å²) in [6.07, 6.45) is 8.10. The van der Waals surface area contributed by atoms with Crippen molar-refractivity contribution < 1.29 is 14.2 Å². The molecule has 1 aromatic heterocycles. The van der Waals surface area contributed by atoms with Crippen molar-refractivity contribution in [2.24, 2.45) is 0 Å². The van der Waals surface area contributed by atoms with E-state index in [1.165, 1.54) is 16.4 Å². The lowest BCUT2D eigenvalue weighted by molar-refractivity contribution is 0.356. The van der Waals surface area contributed by atoms with Gasteiger partial charge in [0.2, 0.25) is 5.30 Å². The lowest BCUT2D eigenvalue weighted by Crippen LogP contribution is -2.01. The SMILES string of the molecule is C#Cc1c2cc(OC)c(OC)cc2cc2[p+]1CCc1cc(OC)c(-c3ccccc3)cc1-2. The average molecular weight is 439 g/mol. The standard InChI is InChI=1S/C28H24O3P/c1-5-27-23-17-26(31-4)25(30-3)14-20(23)15-28-22-16-21(18-9-7-6-8-10-18)24(29-2)13-19(22)11-12-32(27)28/h1,6-10,13-17H,11-12H2,2-4H3/q+1. The molecular weight excluding hydrogens is 415 g/mol. The maximum absolute atomic E-state index is 6.08. The van der Waals surface area contributed by atoms with Gasteiger partial charge in [-0.05, 0) is 52.8 Å². The zero-order chi connectivity index (χ0) is 22.2. The van der Waals surface area contributed by atoms with Crippen LogP contribution in [0.1, 0.15) is 10.9 Å². The van der Waals surface area contributed by atoms with Gasteiger partial charge in [-0.1, -0.05) is 30.3 Å². The van der Waals surface area contributed by atoms with Crippen molar-refractivity contribution in [1.29, 1.82) is 0 Å². The molecule has 1 unspecified atom stereocenters. The van der Waals surface area contributed by atoms with Gasteiger partial charge < -0.3 is 14.2 Å². The molecule has 4 heteroatoms. The summed E-state index contributed by atoms with van der Waals surface area (Å²) in [6.45, 7) is 0. The van der Waals surface area contributed by atoms with Crippen LogP contribution >= 0.6 is 7.53 Å². The van der Waals surface area contributed by atoms with Crippen molar-refractivity contribution in [3.63, 3.8) is 0 Å². The van der Waals surface area contributed by atoms with Crippen LogP contribution in [-0.2, 0) is 12.6 Å². The maximum atomic E-state index is 6.08. The Morgan fingerprint density at radius 2 is 1.53 bits per heavy atom. The van der Waals surface area contributed by atoms with E-state index in [-0.39, 0.29) is 0 Å². The van der Waals surface area contributed by atoms with Crippen molar-refractivity contribution in [2.45, 2.75) is 12.6 Å². The molecule has 3 nitrogen and oxygen atoms in total. The highest BCUT2D eigenvalue weighted by molar-refractivity contribution is 7.53. The molecule has 0 saturated heterocycles. The Morgan fingerprint density at radius 1 is 0.812 bits per heavy atom. The van der Waals surface area contributed by atoms with E-state index in [2.05, 4.69) is 48.4 Å². The summed E-state index contributed by atoms with van der Waals surface area (Å²) in [7, 11) is 4.45. The molecule has 5 rings (SSSR count). The van der Waals surface area contributed by atoms with Gasteiger partial charge in [-0.3, -0.25) is 0 Å². The minimum atomic E-state index is -0.605. The quantitative estimate of drug-likeness (QED) is 0.320. The molecule has 1 atom stereocenters. The number of fused-ring (bicyclic) bond motifs is 4. The smallest absolute Gasteiger partial charge is 0.206 e. The lowest BCUT2D eigenvalue weighted by atomic mass is 9.95. The van der Waals surface area contributed by atoms with E-state index < -0.39 is 7.53 Å². The Bertz CT molecular complexity index is 1380. The molecule has 4 aromatic rings. The van der Waals surface area contributed by atoms with Crippen LogP contribution in [0.25, 0.3) is 32.8 Å². The van der Waals surface area contributed by atoms with Crippen LogP contribution < -0.4 is 14.2 Å². The molecule has 0 amide bonds. The maximum Gasteiger partial charge on any atom is 0.206 e. The van der Waals surface area contributed by atoms with Crippen molar-refractivity contribution in [3.05, 3.63) is 71.5 Å². The van der Waals surface area contributed by atoms with Gasteiger partial charge in [0.1, 0.15) is 11.9 Å². The van der Waals surface area contributed by atoms with Gasteiger partial charge in [0.15, 0.2) is 24.3 Å². The zero-order valence-corrected chi connectivity index (χ0v) is 19.3. The number of terminal acetylenes is 1. The number of rotatable bonds is 4. The predicted octanol–water partition coefficient (Wildman–Crippen LogP) is 7.00. The predicted molar refractivity (Wildman–Crippen MR) is 133 cm³/mol. The highest BCUT2D eigenvalue weighted by Crippen LogP contribution is 2.55. The van der Waals surface area contributed by atoms with Crippen LogP contribution in [0, 0.1) is 12.3 Å². The van der Waals surface area contributed by atoms with Crippen molar-refractivity contribution in [2.75, 3.05) is 21.3 Å². The van der Waals surface area contributed by atoms with E-state index in [4.69, 9.17) is 20.6 Å². The highest BCUT2D eigenvalue weighted by Gasteiger charge is 2.32. The van der Waals surface area contributed by atoms with Crippen molar-refractivity contribution >= 4 is 18.3 Å². The Morgan fingerprint density at radius 3 is 2.22 bits per heavy atom. The molecule has 0 fully saturated rings. The fourth-order valence-electron chi connectivity index (χ4n) is 4.63. The van der Waals surface area contributed by atoms with Crippen LogP contribution in [0.4, 0.5) is 0 Å². The second kappa shape index (κ2) is 8.23. The Hall–Kier alpha value is -3.47. The van der Waals surface area contributed by atoms with E-state index in [9.17, 15) is 0 Å². The van der Waals surface area contributed by atoms with Crippen molar-refractivity contribution in [3.8, 4) is 51.6 Å². The van der Waals surface area contributed by atoms with Crippen LogP contribution in [0.5, 0.6) is 17.2 Å². The third-order valence-corrected chi connectivity index (χ3v) is 8.72. The molecule has 158 valence electrons. The van der Waals surface area contributed by atoms with Gasteiger partial charge in [0.05, 0.1) is 21.3 Å². The fraction of sp³-hybridized carbons (Fsp3) is 0.179. The fourth-order valence-corrected chi connectivity index (χ4v) is 7.24. The van der Waals surface area contributed by atoms with E-state index in [1.54, 1.807) is 21.3 Å². The topological polar surface area (TPSA) is 27.7 Å². The largest absolute Gasteiger partial charge is 0.496 e. The summed E-state index contributed by atoms with van der Waals surface area (Å²) in [5, 5.41) is 4.57. The molecule has 0 N–H and O–H groups in total. The number of aryl methyl sites for hydroxylation is 1. The van der Waals surface area contributed by atoms with E-state index >= 15 is 0 Å². The molecule has 2 heterocycles. The summed E-state index contributed by atoms with van der Waals surface area (Å²) in [5.41, 5.74) is 4.83. The molecule has 3 aromatic carbocycles. The van der Waals surface area contributed by atoms with Gasteiger partial charge in [-0.2, -0.15) is 0 Å². The molecule has 32 heavy (non-hydrogen) atoms. The minimum absolute atomic E-state index is 0.605.